The van der Waals surface area contributed by atoms with Crippen LogP contribution in [0, 0.1) is 5.92 Å². The van der Waals surface area contributed by atoms with E-state index in [0.717, 1.165) is 43.7 Å². The monoisotopic (exact) mass is 288 g/mol. The van der Waals surface area contributed by atoms with Gasteiger partial charge in [0.1, 0.15) is 5.75 Å². The highest BCUT2D eigenvalue weighted by molar-refractivity contribution is 5.85. The quantitative estimate of drug-likeness (QED) is 0.907. The molecule has 1 aromatic carbocycles. The van der Waals surface area contributed by atoms with Gasteiger partial charge in [-0.1, -0.05) is 31.5 Å². The molecule has 0 bridgehead atoms. The number of piperidine rings is 1. The average Bonchev–Trinajstić information content (AvgIpc) is 2.54. The Morgan fingerprint density at radius 3 is 3.00 bits per heavy atom. The van der Waals surface area contributed by atoms with E-state index in [-0.39, 0.29) is 17.9 Å². The molecule has 1 aromatic rings. The summed E-state index contributed by atoms with van der Waals surface area (Å²) in [5.41, 5.74) is 7.19. The van der Waals surface area contributed by atoms with E-state index < -0.39 is 0 Å². The number of rotatable bonds is 2. The van der Waals surface area contributed by atoms with Gasteiger partial charge in [0.2, 0.25) is 5.91 Å². The molecule has 2 heterocycles. The van der Waals surface area contributed by atoms with Crippen molar-refractivity contribution in [1.29, 1.82) is 0 Å². The average molecular weight is 288 g/mol. The lowest BCUT2D eigenvalue weighted by molar-refractivity contribution is -0.135. The summed E-state index contributed by atoms with van der Waals surface area (Å²) >= 11 is 0. The Balaban J connectivity index is 1.77. The lowest BCUT2D eigenvalue weighted by atomic mass is 9.87. The number of ether oxygens (including phenoxy) is 1. The van der Waals surface area contributed by atoms with Crippen molar-refractivity contribution in [3.63, 3.8) is 0 Å². The first-order chi connectivity index (χ1) is 10.2. The molecule has 0 spiro atoms. The molecule has 114 valence electrons. The number of carbonyl (C=O) groups is 1. The van der Waals surface area contributed by atoms with Gasteiger partial charge in [0, 0.05) is 24.7 Å². The minimum absolute atomic E-state index is 0.0539. The van der Waals surface area contributed by atoms with Crippen LogP contribution in [-0.2, 0) is 4.79 Å². The van der Waals surface area contributed by atoms with Crippen LogP contribution in [0.1, 0.15) is 37.7 Å². The standard InChI is InChI=1S/C17H24N2O2/c1-2-12-11-19(9-7-15(12)18)17(20)14-8-10-21-16-6-4-3-5-13(14)16/h3-6,12,14-15H,2,7-11,18H2,1H3. The first kappa shape index (κ1) is 14.4. The first-order valence-electron chi connectivity index (χ1n) is 7.96. The summed E-state index contributed by atoms with van der Waals surface area (Å²) < 4.78 is 5.66. The summed E-state index contributed by atoms with van der Waals surface area (Å²) in [4.78, 5) is 14.9. The van der Waals surface area contributed by atoms with E-state index in [1.54, 1.807) is 0 Å². The molecule has 21 heavy (non-hydrogen) atoms. The van der Waals surface area contributed by atoms with Gasteiger partial charge in [0.25, 0.3) is 0 Å². The summed E-state index contributed by atoms with van der Waals surface area (Å²) in [7, 11) is 0. The van der Waals surface area contributed by atoms with Gasteiger partial charge in [-0.25, -0.2) is 0 Å². The number of nitrogens with two attached hydrogens (primary N) is 1. The van der Waals surface area contributed by atoms with Gasteiger partial charge in [-0.05, 0) is 24.8 Å². The normalized spacial score (nSPS) is 28.7. The lowest BCUT2D eigenvalue weighted by Crippen LogP contribution is -2.50. The minimum atomic E-state index is -0.0539. The van der Waals surface area contributed by atoms with Gasteiger partial charge in [-0.15, -0.1) is 0 Å². The second kappa shape index (κ2) is 6.06. The smallest absolute Gasteiger partial charge is 0.230 e. The van der Waals surface area contributed by atoms with E-state index >= 15 is 0 Å². The van der Waals surface area contributed by atoms with E-state index in [1.165, 1.54) is 0 Å². The number of amides is 1. The van der Waals surface area contributed by atoms with Crippen molar-refractivity contribution in [2.75, 3.05) is 19.7 Å². The van der Waals surface area contributed by atoms with Crippen LogP contribution in [-0.4, -0.2) is 36.5 Å². The van der Waals surface area contributed by atoms with Gasteiger partial charge in [-0.3, -0.25) is 4.79 Å². The van der Waals surface area contributed by atoms with Crippen molar-refractivity contribution in [3.05, 3.63) is 29.8 Å². The zero-order chi connectivity index (χ0) is 14.8. The number of para-hydroxylation sites is 1. The Kier molecular flexibility index (Phi) is 4.15. The summed E-state index contributed by atoms with van der Waals surface area (Å²) in [6.07, 6.45) is 2.72. The van der Waals surface area contributed by atoms with E-state index in [2.05, 4.69) is 6.92 Å². The molecule has 2 N–H and O–H groups in total. The molecule has 0 saturated carbocycles. The van der Waals surface area contributed by atoms with Crippen LogP contribution >= 0.6 is 0 Å². The summed E-state index contributed by atoms with van der Waals surface area (Å²) in [5.74, 6) is 1.48. The predicted molar refractivity (Wildman–Crippen MR) is 82.2 cm³/mol. The van der Waals surface area contributed by atoms with Gasteiger partial charge in [0.05, 0.1) is 12.5 Å². The first-order valence-corrected chi connectivity index (χ1v) is 7.96. The van der Waals surface area contributed by atoms with Crippen molar-refractivity contribution in [2.24, 2.45) is 11.7 Å². The third-order valence-corrected chi connectivity index (χ3v) is 4.89. The van der Waals surface area contributed by atoms with E-state index in [1.807, 2.05) is 29.2 Å². The van der Waals surface area contributed by atoms with Crippen LogP contribution in [0.25, 0.3) is 0 Å². The molecule has 2 aliphatic heterocycles. The van der Waals surface area contributed by atoms with Crippen LogP contribution in [0.4, 0.5) is 0 Å². The van der Waals surface area contributed by atoms with Crippen LogP contribution in [0.3, 0.4) is 0 Å². The van der Waals surface area contributed by atoms with Crippen molar-refractivity contribution in [3.8, 4) is 5.75 Å². The van der Waals surface area contributed by atoms with Crippen LogP contribution in [0.15, 0.2) is 24.3 Å². The fraction of sp³-hybridized carbons (Fsp3) is 0.588. The van der Waals surface area contributed by atoms with Crippen molar-refractivity contribution in [1.82, 2.24) is 4.90 Å². The second-order valence-electron chi connectivity index (χ2n) is 6.13. The largest absolute Gasteiger partial charge is 0.493 e. The molecule has 0 radical (unpaired) electrons. The van der Waals surface area contributed by atoms with Gasteiger partial charge in [-0.2, -0.15) is 0 Å². The molecule has 1 amide bonds. The summed E-state index contributed by atoms with van der Waals surface area (Å²) in [6.45, 7) is 4.37. The van der Waals surface area contributed by atoms with E-state index in [4.69, 9.17) is 10.5 Å². The topological polar surface area (TPSA) is 55.6 Å². The number of carbonyl (C=O) groups excluding carboxylic acids is 1. The van der Waals surface area contributed by atoms with Gasteiger partial charge < -0.3 is 15.4 Å². The maximum Gasteiger partial charge on any atom is 0.230 e. The molecular weight excluding hydrogens is 264 g/mol. The molecule has 0 aliphatic carbocycles. The zero-order valence-corrected chi connectivity index (χ0v) is 12.6. The summed E-state index contributed by atoms with van der Waals surface area (Å²) in [6, 6.07) is 8.15. The number of benzene rings is 1. The third kappa shape index (κ3) is 2.77. The lowest BCUT2D eigenvalue weighted by Gasteiger charge is -2.39. The SMILES string of the molecule is CCC1CN(C(=O)C2CCOc3ccccc32)CCC1N. The number of hydrogen-bond acceptors (Lipinski definition) is 3. The number of nitrogens with zero attached hydrogens (tertiary/aromatic N) is 1. The van der Waals surface area contributed by atoms with Crippen molar-refractivity contribution in [2.45, 2.75) is 38.1 Å². The minimum Gasteiger partial charge on any atom is -0.493 e. The van der Waals surface area contributed by atoms with Crippen LogP contribution in [0.5, 0.6) is 5.75 Å². The molecule has 3 unspecified atom stereocenters. The highest BCUT2D eigenvalue weighted by Gasteiger charge is 2.34. The fourth-order valence-corrected chi connectivity index (χ4v) is 3.50. The maximum atomic E-state index is 12.9. The number of hydrogen-bond donors (Lipinski definition) is 1. The highest BCUT2D eigenvalue weighted by Crippen LogP contribution is 2.35. The Morgan fingerprint density at radius 1 is 1.38 bits per heavy atom. The molecule has 1 fully saturated rings. The van der Waals surface area contributed by atoms with E-state index in [9.17, 15) is 4.79 Å². The Labute approximate surface area is 126 Å². The van der Waals surface area contributed by atoms with Crippen LogP contribution < -0.4 is 10.5 Å². The molecule has 3 rings (SSSR count). The van der Waals surface area contributed by atoms with Gasteiger partial charge >= 0.3 is 0 Å². The maximum absolute atomic E-state index is 12.9. The van der Waals surface area contributed by atoms with Crippen molar-refractivity contribution >= 4 is 5.91 Å². The number of fused-ring (bicyclic) bond motifs is 1. The summed E-state index contributed by atoms with van der Waals surface area (Å²) in [5, 5.41) is 0. The molecule has 3 atom stereocenters. The second-order valence-corrected chi connectivity index (χ2v) is 6.13. The molecule has 1 saturated heterocycles. The molecule has 0 aromatic heterocycles. The molecule has 4 nitrogen and oxygen atoms in total. The zero-order valence-electron chi connectivity index (χ0n) is 12.6. The Morgan fingerprint density at radius 2 is 2.19 bits per heavy atom. The Hall–Kier alpha value is -1.55. The molecular formula is C17H24N2O2. The highest BCUT2D eigenvalue weighted by atomic mass is 16.5. The van der Waals surface area contributed by atoms with Gasteiger partial charge in [0.15, 0.2) is 0 Å². The molecule has 4 heteroatoms. The molecule has 2 aliphatic rings. The third-order valence-electron chi connectivity index (χ3n) is 4.89. The van der Waals surface area contributed by atoms with Crippen molar-refractivity contribution < 1.29 is 9.53 Å². The van der Waals surface area contributed by atoms with Crippen LogP contribution in [0.2, 0.25) is 0 Å². The number of likely N-dealkylation sites (tertiary alicyclic amines) is 1. The predicted octanol–water partition coefficient (Wildman–Crippen LogP) is 2.14. The fourth-order valence-electron chi connectivity index (χ4n) is 3.50. The Bertz CT molecular complexity index is 517. The van der Waals surface area contributed by atoms with E-state index in [0.29, 0.717) is 12.5 Å².